The first kappa shape index (κ1) is 11.9. The summed E-state index contributed by atoms with van der Waals surface area (Å²) in [6.45, 7) is 0. The summed E-state index contributed by atoms with van der Waals surface area (Å²) < 4.78 is 62.3. The van der Waals surface area contributed by atoms with E-state index in [1.807, 2.05) is 0 Å². The van der Waals surface area contributed by atoms with Gasteiger partial charge in [-0.25, -0.2) is 14.2 Å². The molecule has 3 N–H and O–H groups in total. The van der Waals surface area contributed by atoms with Crippen molar-refractivity contribution in [1.82, 2.24) is 5.43 Å². The van der Waals surface area contributed by atoms with Crippen molar-refractivity contribution in [3.63, 3.8) is 0 Å². The molecule has 0 radical (unpaired) electrons. The van der Waals surface area contributed by atoms with Gasteiger partial charge in [-0.05, 0) is 6.07 Å². The highest BCUT2D eigenvalue weighted by Gasteiger charge is 2.41. The largest absolute Gasteiger partial charge is 0.409 e. The van der Waals surface area contributed by atoms with Crippen molar-refractivity contribution in [3.8, 4) is 0 Å². The summed E-state index contributed by atoms with van der Waals surface area (Å²) in [6, 6.07) is -0.555. The van der Waals surface area contributed by atoms with Gasteiger partial charge in [0.15, 0.2) is 0 Å². The lowest BCUT2D eigenvalue weighted by Gasteiger charge is -2.19. The molecule has 0 bridgehead atoms. The molecule has 0 aromatic heterocycles. The second-order valence-corrected chi connectivity index (χ2v) is 2.81. The van der Waals surface area contributed by atoms with Crippen LogP contribution < -0.4 is 11.3 Å². The summed E-state index contributed by atoms with van der Waals surface area (Å²) in [7, 11) is 0. The Balaban J connectivity index is 3.13. The number of alkyl halides is 3. The Kier molecular flexibility index (Phi) is 3.25. The zero-order valence-corrected chi connectivity index (χ0v) is 7.28. The van der Waals surface area contributed by atoms with E-state index in [0.29, 0.717) is 12.1 Å². The van der Waals surface area contributed by atoms with E-state index >= 15 is 0 Å². The van der Waals surface area contributed by atoms with Crippen LogP contribution in [0.2, 0.25) is 0 Å². The van der Waals surface area contributed by atoms with Gasteiger partial charge in [0.2, 0.25) is 0 Å². The van der Waals surface area contributed by atoms with E-state index in [9.17, 15) is 22.0 Å². The topological polar surface area (TPSA) is 38.0 Å². The molecular formula is C8H7F5N2. The van der Waals surface area contributed by atoms with Gasteiger partial charge in [-0.15, -0.1) is 0 Å². The zero-order valence-electron chi connectivity index (χ0n) is 7.28. The monoisotopic (exact) mass is 226 g/mol. The Morgan fingerprint density at radius 2 is 1.80 bits per heavy atom. The van der Waals surface area contributed by atoms with E-state index in [1.165, 1.54) is 5.43 Å². The first-order chi connectivity index (χ1) is 6.86. The fourth-order valence-electron chi connectivity index (χ4n) is 1.10. The number of hydrogen-bond acceptors (Lipinski definition) is 2. The van der Waals surface area contributed by atoms with Gasteiger partial charge in [-0.1, -0.05) is 6.07 Å². The van der Waals surface area contributed by atoms with Crippen LogP contribution in [0.3, 0.4) is 0 Å². The maximum atomic E-state index is 13.0. The first-order valence-electron chi connectivity index (χ1n) is 3.84. The SMILES string of the molecule is NNC(c1ccc(F)cc1F)C(F)(F)F. The summed E-state index contributed by atoms with van der Waals surface area (Å²) in [5.74, 6) is 2.42. The maximum absolute atomic E-state index is 13.0. The van der Waals surface area contributed by atoms with Crippen molar-refractivity contribution in [2.75, 3.05) is 0 Å². The molecule has 0 spiro atoms. The lowest BCUT2D eigenvalue weighted by atomic mass is 10.1. The van der Waals surface area contributed by atoms with Crippen LogP contribution in [0.5, 0.6) is 0 Å². The summed E-state index contributed by atoms with van der Waals surface area (Å²) >= 11 is 0. The maximum Gasteiger partial charge on any atom is 0.409 e. The van der Waals surface area contributed by atoms with Crippen LogP contribution in [-0.4, -0.2) is 6.18 Å². The Hall–Kier alpha value is -1.21. The summed E-state index contributed by atoms with van der Waals surface area (Å²) in [4.78, 5) is 0. The molecule has 1 unspecified atom stereocenters. The normalized spacial score (nSPS) is 14.0. The zero-order chi connectivity index (χ0) is 11.6. The third-order valence-electron chi connectivity index (χ3n) is 1.77. The van der Waals surface area contributed by atoms with E-state index in [0.717, 1.165) is 6.07 Å². The van der Waals surface area contributed by atoms with Crippen molar-refractivity contribution in [2.24, 2.45) is 5.84 Å². The standard InChI is InChI=1S/C8H7F5N2/c9-4-1-2-5(6(10)3-4)7(15-14)8(11,12)13/h1-3,7,15H,14H2. The van der Waals surface area contributed by atoms with Gasteiger partial charge in [-0.2, -0.15) is 13.2 Å². The molecule has 84 valence electrons. The van der Waals surface area contributed by atoms with E-state index in [1.54, 1.807) is 0 Å². The molecule has 1 atom stereocenters. The molecule has 0 aliphatic carbocycles. The number of nitrogens with one attached hydrogen (secondary N) is 1. The highest BCUT2D eigenvalue weighted by Crippen LogP contribution is 2.33. The van der Waals surface area contributed by atoms with E-state index in [4.69, 9.17) is 0 Å². The molecule has 1 aromatic rings. The molecule has 7 heteroatoms. The summed E-state index contributed by atoms with van der Waals surface area (Å²) in [5, 5.41) is 0. The Morgan fingerprint density at radius 3 is 2.20 bits per heavy atom. The molecule has 15 heavy (non-hydrogen) atoms. The highest BCUT2D eigenvalue weighted by molar-refractivity contribution is 5.23. The molecule has 0 amide bonds. The van der Waals surface area contributed by atoms with Crippen LogP contribution >= 0.6 is 0 Å². The van der Waals surface area contributed by atoms with Crippen LogP contribution in [0.25, 0.3) is 0 Å². The Labute approximate surface area is 81.8 Å². The van der Waals surface area contributed by atoms with Crippen LogP contribution in [0.4, 0.5) is 22.0 Å². The van der Waals surface area contributed by atoms with Crippen molar-refractivity contribution in [1.29, 1.82) is 0 Å². The average Bonchev–Trinajstić information content (AvgIpc) is 2.07. The van der Waals surface area contributed by atoms with E-state index < -0.39 is 29.4 Å². The summed E-state index contributed by atoms with van der Waals surface area (Å²) in [5.41, 5.74) is 0.687. The molecule has 0 saturated carbocycles. The minimum atomic E-state index is -4.74. The van der Waals surface area contributed by atoms with Gasteiger partial charge in [-0.3, -0.25) is 5.84 Å². The van der Waals surface area contributed by atoms with Gasteiger partial charge in [0.05, 0.1) is 0 Å². The lowest BCUT2D eigenvalue weighted by Crippen LogP contribution is -2.39. The van der Waals surface area contributed by atoms with Crippen molar-refractivity contribution in [2.45, 2.75) is 12.2 Å². The van der Waals surface area contributed by atoms with Gasteiger partial charge in [0, 0.05) is 11.6 Å². The molecule has 1 aromatic carbocycles. The van der Waals surface area contributed by atoms with E-state index in [-0.39, 0.29) is 0 Å². The fraction of sp³-hybridized carbons (Fsp3) is 0.250. The average molecular weight is 226 g/mol. The molecule has 0 fully saturated rings. The number of nitrogens with two attached hydrogens (primary N) is 1. The molecule has 1 rings (SSSR count). The van der Waals surface area contributed by atoms with Gasteiger partial charge in [0.25, 0.3) is 0 Å². The Bertz CT molecular complexity index is 349. The molecule has 0 saturated heterocycles. The van der Waals surface area contributed by atoms with Crippen LogP contribution in [0.15, 0.2) is 18.2 Å². The third kappa shape index (κ3) is 2.63. The summed E-state index contributed by atoms with van der Waals surface area (Å²) in [6.07, 6.45) is -4.74. The number of halogens is 5. The van der Waals surface area contributed by atoms with Crippen molar-refractivity contribution >= 4 is 0 Å². The fourth-order valence-corrected chi connectivity index (χ4v) is 1.10. The predicted octanol–water partition coefficient (Wildman–Crippen LogP) is 2.03. The molecule has 0 aliphatic rings. The van der Waals surface area contributed by atoms with Crippen LogP contribution in [0.1, 0.15) is 11.6 Å². The van der Waals surface area contributed by atoms with Gasteiger partial charge in [0.1, 0.15) is 17.7 Å². The highest BCUT2D eigenvalue weighted by atomic mass is 19.4. The first-order valence-corrected chi connectivity index (χ1v) is 3.84. The van der Waals surface area contributed by atoms with Gasteiger partial charge >= 0.3 is 6.18 Å². The second-order valence-electron chi connectivity index (χ2n) is 2.81. The minimum Gasteiger partial charge on any atom is -0.271 e. The van der Waals surface area contributed by atoms with Crippen molar-refractivity contribution in [3.05, 3.63) is 35.4 Å². The lowest BCUT2D eigenvalue weighted by molar-refractivity contribution is -0.158. The van der Waals surface area contributed by atoms with Crippen LogP contribution in [0, 0.1) is 11.6 Å². The van der Waals surface area contributed by atoms with Crippen molar-refractivity contribution < 1.29 is 22.0 Å². The quantitative estimate of drug-likeness (QED) is 0.460. The minimum absolute atomic E-state index is 0.366. The van der Waals surface area contributed by atoms with Crippen LogP contribution in [-0.2, 0) is 0 Å². The molecule has 2 nitrogen and oxygen atoms in total. The number of rotatable bonds is 2. The van der Waals surface area contributed by atoms with Gasteiger partial charge < -0.3 is 0 Å². The number of benzene rings is 1. The smallest absolute Gasteiger partial charge is 0.271 e. The number of hydrogen-bond donors (Lipinski definition) is 2. The number of hydrazine groups is 1. The Morgan fingerprint density at radius 1 is 1.20 bits per heavy atom. The predicted molar refractivity (Wildman–Crippen MR) is 42.5 cm³/mol. The second kappa shape index (κ2) is 4.11. The molecular weight excluding hydrogens is 219 g/mol. The van der Waals surface area contributed by atoms with E-state index in [2.05, 4.69) is 5.84 Å². The molecule has 0 aliphatic heterocycles. The molecule has 0 heterocycles. The third-order valence-corrected chi connectivity index (χ3v) is 1.77.